The van der Waals surface area contributed by atoms with E-state index in [9.17, 15) is 8.78 Å². The Morgan fingerprint density at radius 2 is 1.86 bits per heavy atom. The second-order valence-corrected chi connectivity index (χ2v) is 7.22. The Balaban J connectivity index is 2.41. The van der Waals surface area contributed by atoms with E-state index in [1.807, 2.05) is 13.0 Å². The molecular formula is C17H21F2NS. The molecule has 114 valence electrons. The first-order valence-corrected chi connectivity index (χ1v) is 7.93. The highest BCUT2D eigenvalue weighted by atomic mass is 32.1. The van der Waals surface area contributed by atoms with Crippen LogP contribution in [0.15, 0.2) is 30.3 Å². The summed E-state index contributed by atoms with van der Waals surface area (Å²) in [6, 6.07) is 7.65. The van der Waals surface area contributed by atoms with Crippen LogP contribution in [0.5, 0.6) is 0 Å². The number of benzene rings is 1. The number of halogens is 2. The summed E-state index contributed by atoms with van der Waals surface area (Å²) >= 11 is 1.67. The molecule has 0 saturated heterocycles. The number of nitrogens with one attached hydrogen (secondary N) is 1. The van der Waals surface area contributed by atoms with Crippen LogP contribution in [0.3, 0.4) is 0 Å². The van der Waals surface area contributed by atoms with E-state index < -0.39 is 11.6 Å². The number of hydrogen-bond donors (Lipinski definition) is 1. The van der Waals surface area contributed by atoms with E-state index in [1.54, 1.807) is 11.3 Å². The van der Waals surface area contributed by atoms with Gasteiger partial charge in [0.05, 0.1) is 6.04 Å². The van der Waals surface area contributed by atoms with E-state index in [-0.39, 0.29) is 11.5 Å². The van der Waals surface area contributed by atoms with Crippen LogP contribution in [0.2, 0.25) is 0 Å². The van der Waals surface area contributed by atoms with Crippen molar-refractivity contribution in [3.63, 3.8) is 0 Å². The van der Waals surface area contributed by atoms with E-state index >= 15 is 0 Å². The summed E-state index contributed by atoms with van der Waals surface area (Å²) < 4.78 is 27.2. The zero-order chi connectivity index (χ0) is 15.6. The maximum absolute atomic E-state index is 14.1. The van der Waals surface area contributed by atoms with Crippen LogP contribution in [0.1, 0.15) is 49.1 Å². The molecule has 0 aliphatic rings. The first-order chi connectivity index (χ1) is 9.82. The van der Waals surface area contributed by atoms with Crippen molar-refractivity contribution in [2.75, 3.05) is 6.54 Å². The van der Waals surface area contributed by atoms with E-state index in [0.29, 0.717) is 12.1 Å². The Bertz CT molecular complexity index is 613. The smallest absolute Gasteiger partial charge is 0.131 e. The van der Waals surface area contributed by atoms with Crippen molar-refractivity contribution < 1.29 is 8.78 Å². The third-order valence-electron chi connectivity index (χ3n) is 3.33. The predicted molar refractivity (Wildman–Crippen MR) is 84.9 cm³/mol. The van der Waals surface area contributed by atoms with Gasteiger partial charge in [0.15, 0.2) is 0 Å². The molecule has 4 heteroatoms. The highest BCUT2D eigenvalue weighted by Crippen LogP contribution is 2.35. The average molecular weight is 309 g/mol. The SMILES string of the molecule is CCNC(c1ccc(C(C)(C)C)s1)c1ccc(F)cc1F. The fourth-order valence-electron chi connectivity index (χ4n) is 2.21. The molecule has 0 amide bonds. The lowest BCUT2D eigenvalue weighted by molar-refractivity contribution is 0.544. The fourth-order valence-corrected chi connectivity index (χ4v) is 3.38. The van der Waals surface area contributed by atoms with Crippen molar-refractivity contribution in [1.29, 1.82) is 0 Å². The van der Waals surface area contributed by atoms with Crippen LogP contribution < -0.4 is 5.32 Å². The Hall–Kier alpha value is -1.26. The summed E-state index contributed by atoms with van der Waals surface area (Å²) in [7, 11) is 0. The third-order valence-corrected chi connectivity index (χ3v) is 4.91. The molecule has 1 nitrogen and oxygen atoms in total. The topological polar surface area (TPSA) is 12.0 Å². The minimum Gasteiger partial charge on any atom is -0.306 e. The van der Waals surface area contributed by atoms with Gasteiger partial charge in [0, 0.05) is 21.4 Å². The molecular weight excluding hydrogens is 288 g/mol. The van der Waals surface area contributed by atoms with Gasteiger partial charge in [-0.25, -0.2) is 8.78 Å². The van der Waals surface area contributed by atoms with Crippen molar-refractivity contribution in [2.24, 2.45) is 0 Å². The molecule has 21 heavy (non-hydrogen) atoms. The lowest BCUT2D eigenvalue weighted by atomic mass is 9.95. The molecule has 2 rings (SSSR count). The van der Waals surface area contributed by atoms with Crippen LogP contribution in [-0.4, -0.2) is 6.54 Å². The molecule has 1 aromatic carbocycles. The van der Waals surface area contributed by atoms with Gasteiger partial charge < -0.3 is 5.32 Å². The molecule has 0 fully saturated rings. The largest absolute Gasteiger partial charge is 0.306 e. The van der Waals surface area contributed by atoms with Crippen molar-refractivity contribution in [3.8, 4) is 0 Å². The summed E-state index contributed by atoms with van der Waals surface area (Å²) in [5.41, 5.74) is 0.557. The van der Waals surface area contributed by atoms with Crippen molar-refractivity contribution in [3.05, 3.63) is 57.3 Å². The summed E-state index contributed by atoms with van der Waals surface area (Å²) in [6.07, 6.45) is 0. The molecule has 1 unspecified atom stereocenters. The van der Waals surface area contributed by atoms with Crippen LogP contribution in [0.25, 0.3) is 0 Å². The first kappa shape index (κ1) is 16.1. The molecule has 1 aromatic heterocycles. The van der Waals surface area contributed by atoms with Gasteiger partial charge >= 0.3 is 0 Å². The summed E-state index contributed by atoms with van der Waals surface area (Å²) in [4.78, 5) is 2.30. The monoisotopic (exact) mass is 309 g/mol. The van der Waals surface area contributed by atoms with Gasteiger partial charge in [0.2, 0.25) is 0 Å². The molecule has 2 aromatic rings. The predicted octanol–water partition coefficient (Wildman–Crippen LogP) is 5.02. The summed E-state index contributed by atoms with van der Waals surface area (Å²) in [5.74, 6) is -1.06. The highest BCUT2D eigenvalue weighted by Gasteiger charge is 2.22. The van der Waals surface area contributed by atoms with Crippen molar-refractivity contribution in [1.82, 2.24) is 5.32 Å². The Morgan fingerprint density at radius 3 is 2.38 bits per heavy atom. The first-order valence-electron chi connectivity index (χ1n) is 7.11. The zero-order valence-electron chi connectivity index (χ0n) is 12.8. The minimum atomic E-state index is -0.548. The van der Waals surface area contributed by atoms with E-state index in [1.165, 1.54) is 17.0 Å². The quantitative estimate of drug-likeness (QED) is 0.836. The number of hydrogen-bond acceptors (Lipinski definition) is 2. The summed E-state index contributed by atoms with van der Waals surface area (Å²) in [5, 5.41) is 3.29. The Kier molecular flexibility index (Phi) is 4.79. The van der Waals surface area contributed by atoms with Gasteiger partial charge in [-0.3, -0.25) is 0 Å². The second kappa shape index (κ2) is 6.24. The van der Waals surface area contributed by atoms with Crippen LogP contribution >= 0.6 is 11.3 Å². The van der Waals surface area contributed by atoms with Gasteiger partial charge in [-0.15, -0.1) is 11.3 Å². The molecule has 1 N–H and O–H groups in total. The van der Waals surface area contributed by atoms with Crippen molar-refractivity contribution >= 4 is 11.3 Å². The molecule has 1 atom stereocenters. The maximum Gasteiger partial charge on any atom is 0.131 e. The minimum absolute atomic E-state index is 0.0705. The van der Waals surface area contributed by atoms with Crippen molar-refractivity contribution in [2.45, 2.75) is 39.2 Å². The average Bonchev–Trinajstić information content (AvgIpc) is 2.86. The van der Waals surface area contributed by atoms with Gasteiger partial charge in [0.1, 0.15) is 11.6 Å². The summed E-state index contributed by atoms with van der Waals surface area (Å²) in [6.45, 7) is 9.16. The van der Waals surface area contributed by atoms with Crippen LogP contribution in [0, 0.1) is 11.6 Å². The third kappa shape index (κ3) is 3.69. The van der Waals surface area contributed by atoms with Crippen LogP contribution in [-0.2, 0) is 5.41 Å². The number of rotatable bonds is 4. The van der Waals surface area contributed by atoms with E-state index in [2.05, 4.69) is 32.2 Å². The van der Waals surface area contributed by atoms with Gasteiger partial charge in [0.25, 0.3) is 0 Å². The maximum atomic E-state index is 14.1. The fraction of sp³-hybridized carbons (Fsp3) is 0.412. The molecule has 0 aliphatic heterocycles. The van der Waals surface area contributed by atoms with Gasteiger partial charge in [-0.05, 0) is 30.2 Å². The standard InChI is InChI=1S/C17H21F2NS/c1-5-20-16(12-7-6-11(18)10-13(12)19)14-8-9-15(21-14)17(2,3)4/h6-10,16,20H,5H2,1-4H3. The molecule has 0 aliphatic carbocycles. The number of thiophene rings is 1. The normalized spacial score (nSPS) is 13.4. The lowest BCUT2D eigenvalue weighted by Gasteiger charge is -2.19. The Labute approximate surface area is 129 Å². The van der Waals surface area contributed by atoms with Crippen LogP contribution in [0.4, 0.5) is 8.78 Å². The molecule has 0 bridgehead atoms. The van der Waals surface area contributed by atoms with E-state index in [4.69, 9.17) is 0 Å². The molecule has 0 saturated carbocycles. The molecule has 0 spiro atoms. The molecule has 0 radical (unpaired) electrons. The second-order valence-electron chi connectivity index (χ2n) is 6.11. The van der Waals surface area contributed by atoms with E-state index in [0.717, 1.165) is 10.9 Å². The van der Waals surface area contributed by atoms with Gasteiger partial charge in [-0.1, -0.05) is 33.8 Å². The highest BCUT2D eigenvalue weighted by molar-refractivity contribution is 7.12. The Morgan fingerprint density at radius 1 is 1.14 bits per heavy atom. The van der Waals surface area contributed by atoms with Gasteiger partial charge in [-0.2, -0.15) is 0 Å². The zero-order valence-corrected chi connectivity index (χ0v) is 13.7. The molecule has 1 heterocycles. The lowest BCUT2D eigenvalue weighted by Crippen LogP contribution is -2.22.